The van der Waals surface area contributed by atoms with Crippen LogP contribution in [0.3, 0.4) is 0 Å². The molecule has 0 unspecified atom stereocenters. The van der Waals surface area contributed by atoms with Crippen molar-refractivity contribution in [1.82, 2.24) is 0 Å². The molecule has 60 heavy (non-hydrogen) atoms. The van der Waals surface area contributed by atoms with Crippen molar-refractivity contribution in [2.75, 3.05) is 0 Å². The average molecular weight is 824 g/mol. The van der Waals surface area contributed by atoms with Crippen molar-refractivity contribution in [3.8, 4) is 11.1 Å². The maximum Gasteiger partial charge on any atom is 0.461 e. The Hall–Kier alpha value is -1.88. The zero-order valence-electron chi connectivity index (χ0n) is 40.1. The topological polar surface area (TPSA) is 73.8 Å². The summed E-state index contributed by atoms with van der Waals surface area (Å²) in [5.41, 5.74) is -0.174. The molecule has 0 aromatic heterocycles. The second-order valence-corrected chi connectivity index (χ2v) is 22.4. The van der Waals surface area contributed by atoms with Crippen molar-refractivity contribution in [2.45, 2.75) is 217 Å². The smallest absolute Gasteiger partial charge is 0.403 e. The van der Waals surface area contributed by atoms with Crippen LogP contribution in [-0.4, -0.2) is 73.3 Å². The monoisotopic (exact) mass is 825 g/mol. The van der Waals surface area contributed by atoms with Gasteiger partial charge in [0.1, 0.15) is 0 Å². The van der Waals surface area contributed by atoms with Gasteiger partial charge < -0.3 is 37.2 Å². The second-order valence-electron chi connectivity index (χ2n) is 22.4. The first-order valence-electron chi connectivity index (χ1n) is 22.8. The van der Waals surface area contributed by atoms with Crippen molar-refractivity contribution in [2.24, 2.45) is 0 Å². The normalized spacial score (nSPS) is 26.3. The van der Waals surface area contributed by atoms with E-state index in [0.29, 0.717) is 0 Å². The Kier molecular flexibility index (Phi) is 13.4. The van der Waals surface area contributed by atoms with E-state index >= 15 is 0 Å². The zero-order valence-corrected chi connectivity index (χ0v) is 40.1. The van der Waals surface area contributed by atoms with Crippen molar-refractivity contribution in [3.63, 3.8) is 0 Å². The van der Waals surface area contributed by atoms with E-state index in [-0.39, 0.29) is 23.3 Å². The number of allylic oxidation sites excluding steroid dienone is 1. The van der Waals surface area contributed by atoms with Crippen LogP contribution < -0.4 is 0 Å². The molecule has 0 saturated carbocycles. The highest BCUT2D eigenvalue weighted by Gasteiger charge is 2.61. The Bertz CT molecular complexity index is 1710. The Morgan fingerprint density at radius 1 is 0.417 bits per heavy atom. The summed E-state index contributed by atoms with van der Waals surface area (Å²) >= 11 is 0. The van der Waals surface area contributed by atoms with Crippen LogP contribution in [0.2, 0.25) is 23.3 Å². The summed E-state index contributed by atoms with van der Waals surface area (Å²) < 4.78 is 55.1. The van der Waals surface area contributed by atoms with E-state index in [1.165, 1.54) is 16.7 Å². The van der Waals surface area contributed by atoms with Gasteiger partial charge in [-0.05, 0) is 170 Å². The minimum absolute atomic E-state index is 0.0178. The van der Waals surface area contributed by atoms with Crippen molar-refractivity contribution in [3.05, 3.63) is 72.8 Å². The van der Waals surface area contributed by atoms with Gasteiger partial charge in [-0.2, -0.15) is 0 Å². The molecule has 0 amide bonds. The Labute approximate surface area is 365 Å². The van der Waals surface area contributed by atoms with Gasteiger partial charge in [-0.15, -0.1) is 6.58 Å². The average Bonchev–Trinajstić information content (AvgIpc) is 3.69. The third-order valence-electron chi connectivity index (χ3n) is 15.8. The highest BCUT2D eigenvalue weighted by molar-refractivity contribution is 6.51. The first-order chi connectivity index (χ1) is 27.6. The van der Waals surface area contributed by atoms with E-state index in [1.807, 2.05) is 6.08 Å². The van der Waals surface area contributed by atoms with E-state index < -0.39 is 73.3 Å². The molecule has 0 aliphatic carbocycles. The van der Waals surface area contributed by atoms with Crippen LogP contribution in [0.1, 0.15) is 148 Å². The van der Waals surface area contributed by atoms with Gasteiger partial charge in [0.2, 0.25) is 0 Å². The molecule has 4 aliphatic rings. The van der Waals surface area contributed by atoms with Gasteiger partial charge in [0.05, 0.1) is 44.8 Å². The molecule has 0 bridgehead atoms. The molecule has 328 valence electrons. The van der Waals surface area contributed by atoms with E-state index in [2.05, 4.69) is 172 Å². The lowest BCUT2D eigenvalue weighted by Crippen LogP contribution is -2.41. The molecule has 2 aromatic carbocycles. The Morgan fingerprint density at radius 2 is 0.717 bits per heavy atom. The van der Waals surface area contributed by atoms with Gasteiger partial charge in [-0.1, -0.05) is 79.9 Å². The molecular formula is C48H76B4O8. The lowest BCUT2D eigenvalue weighted by atomic mass is 9.51. The minimum atomic E-state index is -0.510. The number of hydrogen-bond donors (Lipinski definition) is 0. The van der Waals surface area contributed by atoms with Crippen LogP contribution in [-0.2, 0) is 43.7 Å². The second kappa shape index (κ2) is 16.9. The lowest BCUT2D eigenvalue weighted by Gasteiger charge is -2.32. The van der Waals surface area contributed by atoms with E-state index in [1.54, 1.807) is 0 Å². The van der Waals surface area contributed by atoms with Crippen molar-refractivity contribution in [1.29, 1.82) is 0 Å². The fourth-order valence-corrected chi connectivity index (χ4v) is 8.87. The van der Waals surface area contributed by atoms with Gasteiger partial charge in [-0.25, -0.2) is 0 Å². The van der Waals surface area contributed by atoms with Crippen LogP contribution >= 0.6 is 0 Å². The summed E-state index contributed by atoms with van der Waals surface area (Å²) in [6.45, 7) is 38.3. The summed E-state index contributed by atoms with van der Waals surface area (Å²) in [4.78, 5) is 0. The first kappa shape index (κ1) is 47.6. The van der Waals surface area contributed by atoms with E-state index in [0.717, 1.165) is 38.5 Å². The predicted octanol–water partition coefficient (Wildman–Crippen LogP) is 11.9. The predicted molar refractivity (Wildman–Crippen MR) is 248 cm³/mol. The minimum Gasteiger partial charge on any atom is -0.403 e. The van der Waals surface area contributed by atoms with Gasteiger partial charge in [0, 0.05) is 0 Å². The van der Waals surface area contributed by atoms with E-state index in [4.69, 9.17) is 37.2 Å². The Balaban J connectivity index is 1.35. The number of benzene rings is 2. The standard InChI is InChI=1S/C48H76B4O8/c1-18-22-37(49-53-41(2,3)42(4,5)54-49)31-39(51-57-45(10,11)46(12,13)58-51)33-40(52-59-47(14,15)48(16,17)60-52)32-38(50-55-43(6,7)44(8,9)56-50)30-27-34-25-28-36(29-26-34)35-23-20-19-21-24-35/h18-21,23-26,28-29,37-40H,1,22,27,30-33H2,2-17H3/t37-,38+,39+,40-/m1/s1. The molecule has 2 aromatic rings. The van der Waals surface area contributed by atoms with Crippen LogP contribution in [0.5, 0.6) is 0 Å². The molecule has 4 aliphatic heterocycles. The molecule has 4 fully saturated rings. The molecule has 6 rings (SSSR count). The Morgan fingerprint density at radius 3 is 1.08 bits per heavy atom. The largest absolute Gasteiger partial charge is 0.461 e. The van der Waals surface area contributed by atoms with Gasteiger partial charge in [0.15, 0.2) is 0 Å². The van der Waals surface area contributed by atoms with Gasteiger partial charge >= 0.3 is 28.5 Å². The molecule has 4 atom stereocenters. The summed E-state index contributed by atoms with van der Waals surface area (Å²) in [5.74, 6) is -0.0510. The fourth-order valence-electron chi connectivity index (χ4n) is 8.87. The molecule has 4 heterocycles. The number of aryl methyl sites for hydroxylation is 1. The summed E-state index contributed by atoms with van der Waals surface area (Å²) in [7, 11) is -1.74. The lowest BCUT2D eigenvalue weighted by molar-refractivity contribution is 0.00578. The summed E-state index contributed by atoms with van der Waals surface area (Å²) in [6.07, 6.45) is 6.69. The summed E-state index contributed by atoms with van der Waals surface area (Å²) in [6, 6.07) is 19.5. The third-order valence-corrected chi connectivity index (χ3v) is 15.8. The molecule has 8 nitrogen and oxygen atoms in total. The maximum atomic E-state index is 6.99. The molecule has 4 saturated heterocycles. The van der Waals surface area contributed by atoms with Gasteiger partial charge in [0.25, 0.3) is 0 Å². The quantitative estimate of drug-likeness (QED) is 0.122. The SMILES string of the molecule is C=CC[C@H](C[C@@H](C[C@@H](C[C@H](CCc1ccc(-c2ccccc2)cc1)B1OC(C)(C)C(C)(C)O1)B1OC(C)(C)C(C)(C)O1)B1OC(C)(C)C(C)(C)O1)B1OC(C)(C)C(C)(C)O1. The third kappa shape index (κ3) is 9.77. The van der Waals surface area contributed by atoms with Crippen LogP contribution in [0.25, 0.3) is 11.1 Å². The molecule has 0 spiro atoms. The van der Waals surface area contributed by atoms with Gasteiger partial charge in [-0.3, -0.25) is 0 Å². The molecule has 12 heteroatoms. The maximum absolute atomic E-state index is 6.99. The molecule has 0 N–H and O–H groups in total. The van der Waals surface area contributed by atoms with Crippen molar-refractivity contribution < 1.29 is 37.2 Å². The fraction of sp³-hybridized carbons (Fsp3) is 0.708. The zero-order chi connectivity index (χ0) is 44.3. The molecular weight excluding hydrogens is 748 g/mol. The van der Waals surface area contributed by atoms with Crippen LogP contribution in [0, 0.1) is 0 Å². The first-order valence-corrected chi connectivity index (χ1v) is 22.8. The number of rotatable bonds is 16. The van der Waals surface area contributed by atoms with Crippen LogP contribution in [0.15, 0.2) is 67.3 Å². The highest BCUT2D eigenvalue weighted by Crippen LogP contribution is 2.53. The van der Waals surface area contributed by atoms with E-state index in [9.17, 15) is 0 Å². The van der Waals surface area contributed by atoms with Crippen LogP contribution in [0.4, 0.5) is 0 Å². The highest BCUT2D eigenvalue weighted by atomic mass is 16.7. The number of hydrogen-bond acceptors (Lipinski definition) is 8. The molecule has 0 radical (unpaired) electrons. The van der Waals surface area contributed by atoms with Crippen molar-refractivity contribution >= 4 is 28.5 Å². The summed E-state index contributed by atoms with van der Waals surface area (Å²) in [5, 5.41) is 0.